The number of hydrogen-bond acceptors (Lipinski definition) is 3. The molecule has 3 rings (SSSR count). The number of carbonyl (C=O) groups is 2. The Kier molecular flexibility index (Phi) is 5.91. The molecule has 0 saturated carbocycles. The van der Waals surface area contributed by atoms with Gasteiger partial charge in [0.2, 0.25) is 5.91 Å². The van der Waals surface area contributed by atoms with E-state index in [0.29, 0.717) is 13.1 Å². The summed E-state index contributed by atoms with van der Waals surface area (Å²) < 4.78 is 0. The SMILES string of the molecule is CC(=O)N[C@@H]1CCN(C(=O)Nc2cccc(CN3CCCCC3)c2)C1. The van der Waals surface area contributed by atoms with Gasteiger partial charge >= 0.3 is 6.03 Å². The fourth-order valence-electron chi connectivity index (χ4n) is 3.68. The van der Waals surface area contributed by atoms with Gasteiger partial charge in [-0.3, -0.25) is 9.69 Å². The number of urea groups is 1. The van der Waals surface area contributed by atoms with Gasteiger partial charge in [-0.05, 0) is 50.0 Å². The van der Waals surface area contributed by atoms with E-state index in [-0.39, 0.29) is 18.0 Å². The van der Waals surface area contributed by atoms with Crippen LogP contribution in [0, 0.1) is 0 Å². The van der Waals surface area contributed by atoms with Crippen LogP contribution in [0.25, 0.3) is 0 Å². The summed E-state index contributed by atoms with van der Waals surface area (Å²) in [4.78, 5) is 27.8. The Hall–Kier alpha value is -2.08. The van der Waals surface area contributed by atoms with Gasteiger partial charge in [0, 0.05) is 38.3 Å². The predicted molar refractivity (Wildman–Crippen MR) is 98.4 cm³/mol. The number of anilines is 1. The lowest BCUT2D eigenvalue weighted by Gasteiger charge is -2.26. The lowest BCUT2D eigenvalue weighted by Crippen LogP contribution is -2.38. The smallest absolute Gasteiger partial charge is 0.321 e. The van der Waals surface area contributed by atoms with E-state index in [1.807, 2.05) is 12.1 Å². The first-order chi connectivity index (χ1) is 12.1. The molecule has 0 bridgehead atoms. The second-order valence-electron chi connectivity index (χ2n) is 7.10. The molecular formula is C19H28N4O2. The Morgan fingerprint density at radius 2 is 1.96 bits per heavy atom. The van der Waals surface area contributed by atoms with Gasteiger partial charge in [0.1, 0.15) is 0 Å². The third-order valence-corrected chi connectivity index (χ3v) is 4.92. The number of amides is 3. The Bertz CT molecular complexity index is 613. The number of benzene rings is 1. The molecule has 2 aliphatic rings. The Morgan fingerprint density at radius 3 is 2.72 bits per heavy atom. The number of hydrogen-bond donors (Lipinski definition) is 2. The Labute approximate surface area is 149 Å². The second-order valence-corrected chi connectivity index (χ2v) is 7.10. The van der Waals surface area contributed by atoms with Crippen LogP contribution in [0.15, 0.2) is 24.3 Å². The lowest BCUT2D eigenvalue weighted by atomic mass is 10.1. The highest BCUT2D eigenvalue weighted by Crippen LogP contribution is 2.17. The average Bonchev–Trinajstić information content (AvgIpc) is 3.04. The third kappa shape index (κ3) is 5.19. The van der Waals surface area contributed by atoms with Gasteiger partial charge in [-0.25, -0.2) is 4.79 Å². The average molecular weight is 344 g/mol. The topological polar surface area (TPSA) is 64.7 Å². The van der Waals surface area contributed by atoms with E-state index >= 15 is 0 Å². The van der Waals surface area contributed by atoms with Crippen LogP contribution in [0.1, 0.15) is 38.2 Å². The number of rotatable bonds is 4. The van der Waals surface area contributed by atoms with Crippen LogP contribution in [-0.4, -0.2) is 54.0 Å². The van der Waals surface area contributed by atoms with Crippen LogP contribution in [0.3, 0.4) is 0 Å². The molecule has 25 heavy (non-hydrogen) atoms. The minimum atomic E-state index is -0.0945. The maximum absolute atomic E-state index is 12.4. The molecule has 1 atom stereocenters. The third-order valence-electron chi connectivity index (χ3n) is 4.92. The maximum Gasteiger partial charge on any atom is 0.321 e. The molecule has 0 aliphatic carbocycles. The number of nitrogens with one attached hydrogen (secondary N) is 2. The molecule has 0 unspecified atom stereocenters. The molecule has 2 heterocycles. The van der Waals surface area contributed by atoms with Gasteiger partial charge in [0.05, 0.1) is 0 Å². The Balaban J connectivity index is 1.53. The predicted octanol–water partition coefficient (Wildman–Crippen LogP) is 2.41. The van der Waals surface area contributed by atoms with Crippen molar-refractivity contribution in [2.45, 2.75) is 45.2 Å². The molecule has 6 heteroatoms. The molecule has 6 nitrogen and oxygen atoms in total. The van der Waals surface area contributed by atoms with Crippen molar-refractivity contribution >= 4 is 17.6 Å². The molecule has 2 saturated heterocycles. The first-order valence-corrected chi connectivity index (χ1v) is 9.24. The van der Waals surface area contributed by atoms with E-state index in [4.69, 9.17) is 0 Å². The minimum absolute atomic E-state index is 0.0438. The molecule has 0 aromatic heterocycles. The molecule has 2 aliphatic heterocycles. The molecule has 3 amide bonds. The molecule has 136 valence electrons. The first-order valence-electron chi connectivity index (χ1n) is 9.24. The summed E-state index contributed by atoms with van der Waals surface area (Å²) in [5.74, 6) is -0.0438. The standard InChI is InChI=1S/C19H28N4O2/c1-15(24)20-18-8-11-23(14-18)19(25)21-17-7-5-6-16(12-17)13-22-9-3-2-4-10-22/h5-7,12,18H,2-4,8-11,13-14H2,1H3,(H,20,24)(H,21,25)/t18-/m1/s1. The zero-order valence-electron chi connectivity index (χ0n) is 15.0. The Morgan fingerprint density at radius 1 is 1.16 bits per heavy atom. The highest BCUT2D eigenvalue weighted by Gasteiger charge is 2.26. The van der Waals surface area contributed by atoms with Crippen LogP contribution in [-0.2, 0) is 11.3 Å². The van der Waals surface area contributed by atoms with Crippen molar-refractivity contribution in [3.8, 4) is 0 Å². The van der Waals surface area contributed by atoms with E-state index in [0.717, 1.165) is 31.7 Å². The van der Waals surface area contributed by atoms with Crippen molar-refractivity contribution in [2.24, 2.45) is 0 Å². The van der Waals surface area contributed by atoms with Gasteiger partial charge in [-0.15, -0.1) is 0 Å². The van der Waals surface area contributed by atoms with E-state index in [9.17, 15) is 9.59 Å². The molecule has 2 fully saturated rings. The fraction of sp³-hybridized carbons (Fsp3) is 0.579. The van der Waals surface area contributed by atoms with Crippen molar-refractivity contribution in [1.82, 2.24) is 15.1 Å². The van der Waals surface area contributed by atoms with Crippen LogP contribution < -0.4 is 10.6 Å². The van der Waals surface area contributed by atoms with Crippen molar-refractivity contribution < 1.29 is 9.59 Å². The van der Waals surface area contributed by atoms with Crippen molar-refractivity contribution in [3.05, 3.63) is 29.8 Å². The lowest BCUT2D eigenvalue weighted by molar-refractivity contribution is -0.119. The molecule has 0 radical (unpaired) electrons. The summed E-state index contributed by atoms with van der Waals surface area (Å²) in [7, 11) is 0. The van der Waals surface area contributed by atoms with Crippen molar-refractivity contribution in [3.63, 3.8) is 0 Å². The second kappa shape index (κ2) is 8.34. The van der Waals surface area contributed by atoms with Gasteiger partial charge in [-0.1, -0.05) is 18.6 Å². The maximum atomic E-state index is 12.4. The normalized spacial score (nSPS) is 21.2. The van der Waals surface area contributed by atoms with Gasteiger partial charge < -0.3 is 15.5 Å². The van der Waals surface area contributed by atoms with Crippen molar-refractivity contribution in [1.29, 1.82) is 0 Å². The van der Waals surface area contributed by atoms with E-state index < -0.39 is 0 Å². The summed E-state index contributed by atoms with van der Waals surface area (Å²) in [6.07, 6.45) is 4.70. The molecule has 0 spiro atoms. The number of likely N-dealkylation sites (tertiary alicyclic amines) is 2. The summed E-state index contributed by atoms with van der Waals surface area (Å²) in [5.41, 5.74) is 2.07. The zero-order valence-corrected chi connectivity index (χ0v) is 15.0. The highest BCUT2D eigenvalue weighted by atomic mass is 16.2. The van der Waals surface area contributed by atoms with Crippen LogP contribution in [0.5, 0.6) is 0 Å². The van der Waals surface area contributed by atoms with Crippen LogP contribution >= 0.6 is 0 Å². The summed E-state index contributed by atoms with van der Waals surface area (Å²) in [5, 5.41) is 5.87. The number of carbonyl (C=O) groups excluding carboxylic acids is 2. The summed E-state index contributed by atoms with van der Waals surface area (Å²) >= 11 is 0. The van der Waals surface area contributed by atoms with Crippen LogP contribution in [0.2, 0.25) is 0 Å². The van der Waals surface area contributed by atoms with E-state index in [1.54, 1.807) is 4.90 Å². The minimum Gasteiger partial charge on any atom is -0.352 e. The molecular weight excluding hydrogens is 316 g/mol. The molecule has 1 aromatic rings. The van der Waals surface area contributed by atoms with Gasteiger partial charge in [0.25, 0.3) is 0 Å². The fourth-order valence-corrected chi connectivity index (χ4v) is 3.68. The number of nitrogens with zero attached hydrogens (tertiary/aromatic N) is 2. The summed E-state index contributed by atoms with van der Waals surface area (Å²) in [6, 6.07) is 8.08. The largest absolute Gasteiger partial charge is 0.352 e. The van der Waals surface area contributed by atoms with Gasteiger partial charge in [0.15, 0.2) is 0 Å². The monoisotopic (exact) mass is 344 g/mol. The number of piperidine rings is 1. The van der Waals surface area contributed by atoms with E-state index in [1.165, 1.54) is 31.7 Å². The van der Waals surface area contributed by atoms with Crippen LogP contribution in [0.4, 0.5) is 10.5 Å². The molecule has 2 N–H and O–H groups in total. The zero-order chi connectivity index (χ0) is 17.6. The van der Waals surface area contributed by atoms with Gasteiger partial charge in [-0.2, -0.15) is 0 Å². The quantitative estimate of drug-likeness (QED) is 0.882. The first kappa shape index (κ1) is 17.7. The highest BCUT2D eigenvalue weighted by molar-refractivity contribution is 5.89. The van der Waals surface area contributed by atoms with E-state index in [2.05, 4.69) is 27.7 Å². The summed E-state index contributed by atoms with van der Waals surface area (Å²) in [6.45, 7) is 6.02. The molecule has 1 aromatic carbocycles. The van der Waals surface area contributed by atoms with Crippen molar-refractivity contribution in [2.75, 3.05) is 31.5 Å².